The van der Waals surface area contributed by atoms with Crippen molar-refractivity contribution in [1.29, 1.82) is 0 Å². The number of hydrogen-bond acceptors (Lipinski definition) is 2. The van der Waals surface area contributed by atoms with E-state index >= 15 is 0 Å². The van der Waals surface area contributed by atoms with Gasteiger partial charge in [-0.15, -0.1) is 0 Å². The second kappa shape index (κ2) is 4.58. The standard InChI is InChI=1S/C13H12N4.ClH/c14-9-3-1-8(2-4-9)13-16-11-6-5-10(15)7-12(11)17-13;/h1-7H,14-15H2,(H,16,17);1H. The molecule has 3 rings (SSSR count). The maximum absolute atomic E-state index is 5.74. The van der Waals surface area contributed by atoms with Crippen LogP contribution in [0.15, 0.2) is 42.5 Å². The minimum absolute atomic E-state index is 0. The van der Waals surface area contributed by atoms with Crippen molar-refractivity contribution in [3.8, 4) is 11.4 Å². The van der Waals surface area contributed by atoms with Gasteiger partial charge in [0.05, 0.1) is 5.56 Å². The Kier molecular flexibility index (Phi) is 3.12. The molecule has 0 saturated carbocycles. The zero-order valence-corrected chi connectivity index (χ0v) is 10.3. The lowest BCUT2D eigenvalue weighted by Gasteiger charge is -1.92. The number of aromatic amines is 2. The van der Waals surface area contributed by atoms with Crippen molar-refractivity contribution in [2.75, 3.05) is 11.5 Å². The average Bonchev–Trinajstić information content (AvgIpc) is 2.72. The summed E-state index contributed by atoms with van der Waals surface area (Å²) >= 11 is 0. The van der Waals surface area contributed by atoms with Crippen LogP contribution in [0.5, 0.6) is 0 Å². The molecule has 5 heteroatoms. The number of nitrogens with one attached hydrogen (secondary N) is 2. The number of imidazole rings is 1. The Labute approximate surface area is 110 Å². The molecule has 0 unspecified atom stereocenters. The first-order chi connectivity index (χ1) is 8.22. The molecule has 4 nitrogen and oxygen atoms in total. The number of benzene rings is 2. The Bertz CT molecular complexity index is 673. The molecule has 0 amide bonds. The molecular weight excluding hydrogens is 248 g/mol. The molecule has 1 heterocycles. The molecule has 0 bridgehead atoms. The Hall–Kier alpha value is -2.20. The molecule has 0 radical (unpaired) electrons. The number of fused-ring (bicyclic) bond motifs is 1. The number of rotatable bonds is 1. The van der Waals surface area contributed by atoms with Crippen molar-refractivity contribution in [2.24, 2.45) is 0 Å². The minimum Gasteiger partial charge on any atom is -1.00 e. The van der Waals surface area contributed by atoms with E-state index in [0.717, 1.165) is 33.8 Å². The van der Waals surface area contributed by atoms with Crippen molar-refractivity contribution in [3.63, 3.8) is 0 Å². The van der Waals surface area contributed by atoms with Crippen LogP contribution in [0.1, 0.15) is 0 Å². The van der Waals surface area contributed by atoms with Crippen molar-refractivity contribution >= 4 is 22.4 Å². The number of anilines is 2. The van der Waals surface area contributed by atoms with Crippen LogP contribution < -0.4 is 28.9 Å². The predicted octanol–water partition coefficient (Wildman–Crippen LogP) is -1.18. The van der Waals surface area contributed by atoms with Gasteiger partial charge in [0.1, 0.15) is 0 Å². The molecule has 3 aromatic rings. The lowest BCUT2D eigenvalue weighted by atomic mass is 10.2. The van der Waals surface area contributed by atoms with Crippen molar-refractivity contribution in [3.05, 3.63) is 42.5 Å². The fourth-order valence-corrected chi connectivity index (χ4v) is 1.87. The molecule has 0 aliphatic carbocycles. The maximum atomic E-state index is 5.74. The lowest BCUT2D eigenvalue weighted by molar-refractivity contribution is -0.330. The van der Waals surface area contributed by atoms with E-state index in [9.17, 15) is 0 Å². The van der Waals surface area contributed by atoms with Crippen LogP contribution in [0.4, 0.5) is 11.4 Å². The third-order valence-electron chi connectivity index (χ3n) is 2.76. The normalized spacial score (nSPS) is 10.2. The van der Waals surface area contributed by atoms with E-state index in [0.29, 0.717) is 0 Å². The SMILES string of the molecule is Nc1ccc(-c2[nH]c3cc(N)ccc3[nH+]2)cc1.[Cl-]. The number of hydrogen-bond donors (Lipinski definition) is 3. The van der Waals surface area contributed by atoms with Crippen molar-refractivity contribution in [1.82, 2.24) is 4.98 Å². The monoisotopic (exact) mass is 260 g/mol. The quantitative estimate of drug-likeness (QED) is 0.481. The highest BCUT2D eigenvalue weighted by atomic mass is 35.5. The summed E-state index contributed by atoms with van der Waals surface area (Å²) in [5.74, 6) is 0.950. The smallest absolute Gasteiger partial charge is 0.285 e. The van der Waals surface area contributed by atoms with Gasteiger partial charge in [0.15, 0.2) is 11.0 Å². The summed E-state index contributed by atoms with van der Waals surface area (Å²) in [6.07, 6.45) is 0. The average molecular weight is 261 g/mol. The van der Waals surface area contributed by atoms with E-state index in [2.05, 4.69) is 9.97 Å². The van der Waals surface area contributed by atoms with Gasteiger partial charge in [-0.2, -0.15) is 0 Å². The van der Waals surface area contributed by atoms with Crippen LogP contribution in [-0.2, 0) is 0 Å². The number of aromatic nitrogens is 2. The van der Waals surface area contributed by atoms with Gasteiger partial charge in [-0.3, -0.25) is 0 Å². The highest BCUT2D eigenvalue weighted by molar-refractivity contribution is 5.78. The number of nitrogens with two attached hydrogens (primary N) is 2. The Morgan fingerprint density at radius 2 is 1.56 bits per heavy atom. The molecule has 92 valence electrons. The first kappa shape index (κ1) is 12.3. The topological polar surface area (TPSA) is 82.0 Å². The Morgan fingerprint density at radius 1 is 0.889 bits per heavy atom. The molecule has 0 spiro atoms. The van der Waals surface area contributed by atoms with Gasteiger partial charge in [0.2, 0.25) is 0 Å². The van der Waals surface area contributed by atoms with E-state index in [1.807, 2.05) is 42.5 Å². The first-order valence-electron chi connectivity index (χ1n) is 5.39. The summed E-state index contributed by atoms with van der Waals surface area (Å²) in [7, 11) is 0. The number of halogens is 1. The van der Waals surface area contributed by atoms with E-state index in [1.54, 1.807) is 0 Å². The van der Waals surface area contributed by atoms with Crippen molar-refractivity contribution < 1.29 is 17.4 Å². The molecule has 0 saturated heterocycles. The zero-order chi connectivity index (χ0) is 11.8. The van der Waals surface area contributed by atoms with Gasteiger partial charge in [-0.25, -0.2) is 9.97 Å². The highest BCUT2D eigenvalue weighted by Gasteiger charge is 2.11. The van der Waals surface area contributed by atoms with Crippen LogP contribution in [-0.4, -0.2) is 4.98 Å². The van der Waals surface area contributed by atoms with E-state index in [4.69, 9.17) is 11.5 Å². The second-order valence-electron chi connectivity index (χ2n) is 4.05. The molecule has 18 heavy (non-hydrogen) atoms. The van der Waals surface area contributed by atoms with Gasteiger partial charge in [-0.1, -0.05) is 0 Å². The van der Waals surface area contributed by atoms with Crippen LogP contribution in [0.2, 0.25) is 0 Å². The minimum atomic E-state index is 0. The predicted molar refractivity (Wildman–Crippen MR) is 69.1 cm³/mol. The third kappa shape index (κ3) is 2.10. The van der Waals surface area contributed by atoms with Gasteiger partial charge in [0, 0.05) is 17.4 Å². The summed E-state index contributed by atoms with van der Waals surface area (Å²) in [6.45, 7) is 0. The molecule has 1 aromatic heterocycles. The maximum Gasteiger partial charge on any atom is 0.285 e. The first-order valence-corrected chi connectivity index (χ1v) is 5.39. The fourth-order valence-electron chi connectivity index (χ4n) is 1.87. The molecule has 0 atom stereocenters. The largest absolute Gasteiger partial charge is 1.00 e. The lowest BCUT2D eigenvalue weighted by Crippen LogP contribution is -3.00. The molecular formula is C13H13ClN4. The summed E-state index contributed by atoms with van der Waals surface area (Å²) in [5, 5.41) is 0. The fraction of sp³-hybridized carbons (Fsp3) is 0. The van der Waals surface area contributed by atoms with Gasteiger partial charge >= 0.3 is 0 Å². The summed E-state index contributed by atoms with van der Waals surface area (Å²) in [6, 6.07) is 13.4. The van der Waals surface area contributed by atoms with Gasteiger partial charge in [-0.05, 0) is 36.4 Å². The van der Waals surface area contributed by atoms with Gasteiger partial charge in [0.25, 0.3) is 5.82 Å². The van der Waals surface area contributed by atoms with Gasteiger partial charge < -0.3 is 23.9 Å². The van der Waals surface area contributed by atoms with Crippen molar-refractivity contribution in [2.45, 2.75) is 0 Å². The molecule has 2 aromatic carbocycles. The summed E-state index contributed by atoms with van der Waals surface area (Å²) in [5.41, 5.74) is 16.0. The van der Waals surface area contributed by atoms with E-state index < -0.39 is 0 Å². The molecule has 0 aliphatic heterocycles. The van der Waals surface area contributed by atoms with Crippen LogP contribution in [0, 0.1) is 0 Å². The molecule has 0 aliphatic rings. The number of H-pyrrole nitrogens is 2. The number of nitrogen functional groups attached to an aromatic ring is 2. The van der Waals surface area contributed by atoms with Crippen LogP contribution in [0.25, 0.3) is 22.4 Å². The second-order valence-corrected chi connectivity index (χ2v) is 4.05. The van der Waals surface area contributed by atoms with Crippen LogP contribution in [0.3, 0.4) is 0 Å². The summed E-state index contributed by atoms with van der Waals surface area (Å²) in [4.78, 5) is 6.60. The molecule has 0 fully saturated rings. The zero-order valence-electron chi connectivity index (χ0n) is 9.57. The summed E-state index contributed by atoms with van der Waals surface area (Å²) < 4.78 is 0. The van der Waals surface area contributed by atoms with E-state index in [-0.39, 0.29) is 12.4 Å². The Morgan fingerprint density at radius 3 is 2.28 bits per heavy atom. The van der Waals surface area contributed by atoms with Crippen LogP contribution >= 0.6 is 0 Å². The molecule has 6 N–H and O–H groups in total. The highest BCUT2D eigenvalue weighted by Crippen LogP contribution is 2.19. The Balaban J connectivity index is 0.00000120. The van der Waals surface area contributed by atoms with E-state index in [1.165, 1.54) is 0 Å². The third-order valence-corrected chi connectivity index (χ3v) is 2.76.